The zero-order valence-corrected chi connectivity index (χ0v) is 11.9. The summed E-state index contributed by atoms with van der Waals surface area (Å²) in [5.41, 5.74) is 0. The summed E-state index contributed by atoms with van der Waals surface area (Å²) in [5, 5.41) is 14.2. The summed E-state index contributed by atoms with van der Waals surface area (Å²) in [6, 6.07) is -0.718. The first-order valence-electron chi connectivity index (χ1n) is 6.63. The molecule has 5 heteroatoms. The van der Waals surface area contributed by atoms with Crippen molar-refractivity contribution < 1.29 is 14.7 Å². The normalized spacial score (nSPS) is 13.4. The number of nitrogens with one attached hydrogen (secondary N) is 2. The molecule has 0 heterocycles. The summed E-state index contributed by atoms with van der Waals surface area (Å²) in [5.74, 6) is 1.30. The van der Waals surface area contributed by atoms with Gasteiger partial charge >= 0.3 is 12.0 Å². The van der Waals surface area contributed by atoms with Crippen LogP contribution in [0, 0.1) is 24.2 Å². The maximum absolute atomic E-state index is 11.6. The Morgan fingerprint density at radius 2 is 2.00 bits per heavy atom. The number of hydrogen-bond acceptors (Lipinski definition) is 2. The fourth-order valence-electron chi connectivity index (χ4n) is 1.75. The predicted molar refractivity (Wildman–Crippen MR) is 74.6 cm³/mol. The molecular weight excluding hydrogens is 244 g/mol. The second-order valence-corrected chi connectivity index (χ2v) is 5.03. The Bertz CT molecular complexity index is 334. The van der Waals surface area contributed by atoms with E-state index >= 15 is 0 Å². The van der Waals surface area contributed by atoms with E-state index in [-0.39, 0.29) is 18.5 Å². The van der Waals surface area contributed by atoms with E-state index in [1.807, 2.05) is 20.8 Å². The SMILES string of the molecule is C#CC(CCC)NC(=O)NCC(CC(C)C)C(=O)O. The lowest BCUT2D eigenvalue weighted by Gasteiger charge is -2.17. The first-order chi connectivity index (χ1) is 8.90. The van der Waals surface area contributed by atoms with Crippen molar-refractivity contribution in [3.63, 3.8) is 0 Å². The van der Waals surface area contributed by atoms with Gasteiger partial charge in [-0.1, -0.05) is 33.1 Å². The molecule has 5 nitrogen and oxygen atoms in total. The van der Waals surface area contributed by atoms with E-state index in [0.717, 1.165) is 6.42 Å². The number of urea groups is 1. The molecule has 2 unspecified atom stereocenters. The molecule has 0 aromatic carbocycles. The van der Waals surface area contributed by atoms with E-state index in [1.165, 1.54) is 0 Å². The molecule has 2 amide bonds. The molecule has 0 fully saturated rings. The van der Waals surface area contributed by atoms with Crippen molar-refractivity contribution in [3.05, 3.63) is 0 Å². The second kappa shape index (κ2) is 9.26. The summed E-state index contributed by atoms with van der Waals surface area (Å²) >= 11 is 0. The molecule has 0 spiro atoms. The van der Waals surface area contributed by atoms with E-state index in [1.54, 1.807) is 0 Å². The van der Waals surface area contributed by atoms with Gasteiger partial charge in [-0.25, -0.2) is 4.79 Å². The van der Waals surface area contributed by atoms with Gasteiger partial charge in [0.15, 0.2) is 0 Å². The standard InChI is InChI=1S/C14H24N2O3/c1-5-7-12(6-2)16-14(19)15-9-11(13(17)18)8-10(3)4/h2,10-12H,5,7-9H2,1,3-4H3,(H,17,18)(H2,15,16,19). The fourth-order valence-corrected chi connectivity index (χ4v) is 1.75. The number of rotatable bonds is 8. The van der Waals surface area contributed by atoms with Crippen molar-refractivity contribution >= 4 is 12.0 Å². The number of carboxylic acid groups (broad SMARTS) is 1. The number of aliphatic carboxylic acids is 1. The van der Waals surface area contributed by atoms with Crippen molar-refractivity contribution in [3.8, 4) is 12.3 Å². The van der Waals surface area contributed by atoms with Crippen LogP contribution < -0.4 is 10.6 Å². The highest BCUT2D eigenvalue weighted by Crippen LogP contribution is 2.10. The summed E-state index contributed by atoms with van der Waals surface area (Å²) in [6.07, 6.45) is 7.40. The maximum atomic E-state index is 11.6. The minimum Gasteiger partial charge on any atom is -0.481 e. The fraction of sp³-hybridized carbons (Fsp3) is 0.714. The number of carboxylic acids is 1. The molecule has 108 valence electrons. The summed E-state index contributed by atoms with van der Waals surface area (Å²) in [7, 11) is 0. The zero-order valence-electron chi connectivity index (χ0n) is 11.9. The summed E-state index contributed by atoms with van der Waals surface area (Å²) in [6.45, 7) is 5.99. The Morgan fingerprint density at radius 1 is 1.37 bits per heavy atom. The van der Waals surface area contributed by atoms with Gasteiger partial charge in [0.2, 0.25) is 0 Å². The molecule has 0 aliphatic heterocycles. The van der Waals surface area contributed by atoms with Crippen LogP contribution in [0.15, 0.2) is 0 Å². The van der Waals surface area contributed by atoms with Gasteiger partial charge in [0.25, 0.3) is 0 Å². The van der Waals surface area contributed by atoms with Crippen LogP contribution in [0.4, 0.5) is 4.79 Å². The third-order valence-corrected chi connectivity index (χ3v) is 2.70. The predicted octanol–water partition coefficient (Wildman–Crippen LogP) is 1.83. The average molecular weight is 268 g/mol. The molecule has 0 saturated carbocycles. The van der Waals surface area contributed by atoms with Gasteiger partial charge in [0.1, 0.15) is 0 Å². The van der Waals surface area contributed by atoms with Crippen molar-refractivity contribution in [1.29, 1.82) is 0 Å². The van der Waals surface area contributed by atoms with Gasteiger partial charge in [0.05, 0.1) is 12.0 Å². The lowest BCUT2D eigenvalue weighted by molar-refractivity contribution is -0.142. The van der Waals surface area contributed by atoms with E-state index in [4.69, 9.17) is 11.5 Å². The van der Waals surface area contributed by atoms with Gasteiger partial charge in [-0.05, 0) is 18.8 Å². The first-order valence-corrected chi connectivity index (χ1v) is 6.63. The van der Waals surface area contributed by atoms with Gasteiger partial charge in [-0.3, -0.25) is 4.79 Å². The zero-order chi connectivity index (χ0) is 14.8. The van der Waals surface area contributed by atoms with Gasteiger partial charge in [-0.2, -0.15) is 0 Å². The molecule has 0 aliphatic rings. The highest BCUT2D eigenvalue weighted by atomic mass is 16.4. The number of hydrogen-bond donors (Lipinski definition) is 3. The Labute approximate surface area is 115 Å². The van der Waals surface area contributed by atoms with Crippen molar-refractivity contribution in [2.45, 2.75) is 46.1 Å². The molecular formula is C14H24N2O3. The van der Waals surface area contributed by atoms with Crippen molar-refractivity contribution in [2.24, 2.45) is 11.8 Å². The van der Waals surface area contributed by atoms with Crippen molar-refractivity contribution in [1.82, 2.24) is 10.6 Å². The van der Waals surface area contributed by atoms with Crippen LogP contribution in [-0.2, 0) is 4.79 Å². The van der Waals surface area contributed by atoms with Crippen LogP contribution in [-0.4, -0.2) is 29.7 Å². The number of terminal acetylenes is 1. The third kappa shape index (κ3) is 8.09. The molecule has 0 aliphatic carbocycles. The molecule has 2 atom stereocenters. The maximum Gasteiger partial charge on any atom is 0.315 e. The topological polar surface area (TPSA) is 78.4 Å². The van der Waals surface area contributed by atoms with Crippen LogP contribution >= 0.6 is 0 Å². The lowest BCUT2D eigenvalue weighted by Crippen LogP contribution is -2.44. The molecule has 3 N–H and O–H groups in total. The Kier molecular flexibility index (Phi) is 8.43. The van der Waals surface area contributed by atoms with E-state index < -0.39 is 17.9 Å². The largest absolute Gasteiger partial charge is 0.481 e. The minimum absolute atomic E-state index is 0.114. The highest BCUT2D eigenvalue weighted by Gasteiger charge is 2.20. The van der Waals surface area contributed by atoms with Crippen molar-refractivity contribution in [2.75, 3.05) is 6.54 Å². The van der Waals surface area contributed by atoms with Crippen LogP contribution in [0.25, 0.3) is 0 Å². The smallest absolute Gasteiger partial charge is 0.315 e. The average Bonchev–Trinajstić information content (AvgIpc) is 2.33. The van der Waals surface area contributed by atoms with Crippen LogP contribution in [0.5, 0.6) is 0 Å². The van der Waals surface area contributed by atoms with Crippen LogP contribution in [0.2, 0.25) is 0 Å². The van der Waals surface area contributed by atoms with E-state index in [0.29, 0.717) is 12.8 Å². The van der Waals surface area contributed by atoms with Gasteiger partial charge < -0.3 is 15.7 Å². The van der Waals surface area contributed by atoms with E-state index in [9.17, 15) is 9.59 Å². The number of carbonyl (C=O) groups is 2. The highest BCUT2D eigenvalue weighted by molar-refractivity contribution is 5.76. The number of carbonyl (C=O) groups excluding carboxylic acids is 1. The van der Waals surface area contributed by atoms with Gasteiger partial charge in [0, 0.05) is 6.54 Å². The Balaban J connectivity index is 4.18. The molecule has 0 aromatic heterocycles. The Morgan fingerprint density at radius 3 is 2.42 bits per heavy atom. The van der Waals surface area contributed by atoms with Crippen LogP contribution in [0.1, 0.15) is 40.0 Å². The summed E-state index contributed by atoms with van der Waals surface area (Å²) in [4.78, 5) is 22.6. The minimum atomic E-state index is -0.893. The molecule has 0 bridgehead atoms. The quantitative estimate of drug-likeness (QED) is 0.588. The third-order valence-electron chi connectivity index (χ3n) is 2.70. The van der Waals surface area contributed by atoms with Gasteiger partial charge in [-0.15, -0.1) is 6.42 Å². The van der Waals surface area contributed by atoms with Crippen LogP contribution in [0.3, 0.4) is 0 Å². The molecule has 19 heavy (non-hydrogen) atoms. The molecule has 0 aromatic rings. The Hall–Kier alpha value is -1.70. The second-order valence-electron chi connectivity index (χ2n) is 5.03. The molecule has 0 radical (unpaired) electrons. The van der Waals surface area contributed by atoms with E-state index in [2.05, 4.69) is 16.6 Å². The number of amides is 2. The molecule has 0 saturated heterocycles. The summed E-state index contributed by atoms with van der Waals surface area (Å²) < 4.78 is 0. The lowest BCUT2D eigenvalue weighted by atomic mass is 9.97. The molecule has 0 rings (SSSR count). The first kappa shape index (κ1) is 17.3. The monoisotopic (exact) mass is 268 g/mol.